The second-order valence-corrected chi connectivity index (χ2v) is 6.23. The van der Waals surface area contributed by atoms with Gasteiger partial charge in [0.1, 0.15) is 5.60 Å². The number of aromatic nitrogens is 2. The van der Waals surface area contributed by atoms with E-state index < -0.39 is 5.60 Å². The van der Waals surface area contributed by atoms with Crippen LogP contribution in [0, 0.1) is 5.41 Å². The van der Waals surface area contributed by atoms with Crippen LogP contribution in [0.3, 0.4) is 0 Å². The Morgan fingerprint density at radius 2 is 2.00 bits per heavy atom. The minimum atomic E-state index is -0.962. The molecular weight excluding hydrogens is 284 g/mol. The zero-order valence-electron chi connectivity index (χ0n) is 11.1. The van der Waals surface area contributed by atoms with Gasteiger partial charge in [-0.3, -0.25) is 4.68 Å². The largest absolute Gasteiger partial charge is 0.383 e. The van der Waals surface area contributed by atoms with Crippen molar-refractivity contribution in [1.29, 1.82) is 0 Å². The molecule has 1 atom stereocenters. The summed E-state index contributed by atoms with van der Waals surface area (Å²) in [5.41, 5.74) is -0.446. The molecule has 0 saturated heterocycles. The van der Waals surface area contributed by atoms with Gasteiger partial charge in [0, 0.05) is 7.11 Å². The molecule has 0 radical (unpaired) electrons. The first-order valence-electron chi connectivity index (χ1n) is 5.65. The molecule has 1 heterocycles. The van der Waals surface area contributed by atoms with Crippen LogP contribution < -0.4 is 0 Å². The number of methoxy groups -OCH3 is 1. The average molecular weight is 305 g/mol. The van der Waals surface area contributed by atoms with E-state index in [4.69, 9.17) is 4.74 Å². The van der Waals surface area contributed by atoms with Crippen LogP contribution in [0.2, 0.25) is 0 Å². The topological polar surface area (TPSA) is 47.3 Å². The van der Waals surface area contributed by atoms with Gasteiger partial charge >= 0.3 is 0 Å². The maximum Gasteiger partial charge on any atom is 0.109 e. The third kappa shape index (κ3) is 2.89. The zero-order valence-corrected chi connectivity index (χ0v) is 12.7. The van der Waals surface area contributed by atoms with E-state index in [2.05, 4.69) is 21.0 Å². The Morgan fingerprint density at radius 3 is 2.47 bits per heavy atom. The van der Waals surface area contributed by atoms with Crippen LogP contribution in [0.1, 0.15) is 33.4 Å². The molecule has 1 aromatic rings. The third-order valence-electron chi connectivity index (χ3n) is 3.22. The first kappa shape index (κ1) is 14.7. The molecule has 98 valence electrons. The minimum absolute atomic E-state index is 0.277. The van der Waals surface area contributed by atoms with Crippen LogP contribution in [-0.4, -0.2) is 28.6 Å². The summed E-state index contributed by atoms with van der Waals surface area (Å²) < 4.78 is 7.67. The SMILES string of the molecule is COCCn1ncc(Br)c1C(C)(O)C(C)(C)C. The highest BCUT2D eigenvalue weighted by Gasteiger charge is 2.41. The maximum absolute atomic E-state index is 10.7. The molecule has 0 amide bonds. The molecule has 1 unspecified atom stereocenters. The maximum atomic E-state index is 10.7. The van der Waals surface area contributed by atoms with E-state index in [1.807, 2.05) is 27.7 Å². The molecule has 1 aromatic heterocycles. The lowest BCUT2D eigenvalue weighted by molar-refractivity contribution is -0.0553. The van der Waals surface area contributed by atoms with Crippen LogP contribution in [0.4, 0.5) is 0 Å². The van der Waals surface area contributed by atoms with Crippen molar-refractivity contribution in [2.24, 2.45) is 5.41 Å². The summed E-state index contributed by atoms with van der Waals surface area (Å²) in [6.07, 6.45) is 1.71. The second kappa shape index (κ2) is 5.08. The molecule has 5 heteroatoms. The van der Waals surface area contributed by atoms with E-state index in [0.717, 1.165) is 10.2 Å². The van der Waals surface area contributed by atoms with E-state index in [1.54, 1.807) is 18.0 Å². The van der Waals surface area contributed by atoms with E-state index >= 15 is 0 Å². The number of ether oxygens (including phenoxy) is 1. The smallest absolute Gasteiger partial charge is 0.109 e. The monoisotopic (exact) mass is 304 g/mol. The molecule has 0 bridgehead atoms. The quantitative estimate of drug-likeness (QED) is 0.930. The second-order valence-electron chi connectivity index (χ2n) is 5.38. The number of halogens is 1. The summed E-state index contributed by atoms with van der Waals surface area (Å²) in [7, 11) is 1.65. The molecule has 1 N–H and O–H groups in total. The van der Waals surface area contributed by atoms with Gasteiger partial charge in [-0.05, 0) is 28.3 Å². The van der Waals surface area contributed by atoms with Crippen molar-refractivity contribution < 1.29 is 9.84 Å². The summed E-state index contributed by atoms with van der Waals surface area (Å²) in [6.45, 7) is 9.04. The summed E-state index contributed by atoms with van der Waals surface area (Å²) in [4.78, 5) is 0. The highest BCUT2D eigenvalue weighted by atomic mass is 79.9. The normalized spacial score (nSPS) is 15.9. The van der Waals surface area contributed by atoms with Crippen LogP contribution in [-0.2, 0) is 16.9 Å². The summed E-state index contributed by atoms with van der Waals surface area (Å²) >= 11 is 3.45. The number of rotatable bonds is 4. The van der Waals surface area contributed by atoms with Gasteiger partial charge in [-0.1, -0.05) is 20.8 Å². The minimum Gasteiger partial charge on any atom is -0.383 e. The molecular formula is C12H21BrN2O2. The van der Waals surface area contributed by atoms with Crippen LogP contribution in [0.15, 0.2) is 10.7 Å². The van der Waals surface area contributed by atoms with Crippen molar-refractivity contribution in [2.75, 3.05) is 13.7 Å². The molecule has 4 nitrogen and oxygen atoms in total. The van der Waals surface area contributed by atoms with E-state index in [9.17, 15) is 5.11 Å². The molecule has 0 aliphatic rings. The molecule has 1 rings (SSSR count). The standard InChI is InChI=1S/C12H21BrN2O2/c1-11(2,3)12(4,16)10-9(13)8-14-15(10)6-7-17-5/h8,16H,6-7H2,1-5H3. The Balaban J connectivity index is 3.16. The van der Waals surface area contributed by atoms with Crippen molar-refractivity contribution in [2.45, 2.75) is 39.8 Å². The lowest BCUT2D eigenvalue weighted by Gasteiger charge is -2.37. The fourth-order valence-electron chi connectivity index (χ4n) is 1.55. The molecule has 0 aliphatic carbocycles. The van der Waals surface area contributed by atoms with Gasteiger partial charge in [-0.15, -0.1) is 0 Å². The van der Waals surface area contributed by atoms with E-state index in [0.29, 0.717) is 13.2 Å². The lowest BCUT2D eigenvalue weighted by atomic mass is 9.76. The fourth-order valence-corrected chi connectivity index (χ4v) is 2.23. The van der Waals surface area contributed by atoms with Crippen molar-refractivity contribution in [3.63, 3.8) is 0 Å². The first-order chi connectivity index (χ1) is 7.71. The van der Waals surface area contributed by atoms with Crippen molar-refractivity contribution in [3.05, 3.63) is 16.4 Å². The Labute approximate surface area is 111 Å². The Hall–Kier alpha value is -0.390. The number of nitrogens with zero attached hydrogens (tertiary/aromatic N) is 2. The summed E-state index contributed by atoms with van der Waals surface area (Å²) in [5, 5.41) is 15.0. The summed E-state index contributed by atoms with van der Waals surface area (Å²) in [6, 6.07) is 0. The van der Waals surface area contributed by atoms with Gasteiger partial charge in [0.15, 0.2) is 0 Å². The Kier molecular flexibility index (Phi) is 4.38. The van der Waals surface area contributed by atoms with Crippen LogP contribution >= 0.6 is 15.9 Å². The lowest BCUT2D eigenvalue weighted by Crippen LogP contribution is -2.39. The van der Waals surface area contributed by atoms with Crippen LogP contribution in [0.5, 0.6) is 0 Å². The predicted molar refractivity (Wildman–Crippen MR) is 70.8 cm³/mol. The molecule has 0 spiro atoms. The summed E-state index contributed by atoms with van der Waals surface area (Å²) in [5.74, 6) is 0. The van der Waals surface area contributed by atoms with Crippen LogP contribution in [0.25, 0.3) is 0 Å². The molecule has 0 aromatic carbocycles. The van der Waals surface area contributed by atoms with Gasteiger partial charge in [0.25, 0.3) is 0 Å². The molecule has 17 heavy (non-hydrogen) atoms. The number of hydrogen-bond acceptors (Lipinski definition) is 3. The zero-order chi connectivity index (χ0) is 13.3. The van der Waals surface area contributed by atoms with Gasteiger partial charge in [-0.2, -0.15) is 5.10 Å². The van der Waals surface area contributed by atoms with E-state index in [-0.39, 0.29) is 5.41 Å². The first-order valence-corrected chi connectivity index (χ1v) is 6.44. The van der Waals surface area contributed by atoms with Gasteiger partial charge in [0.05, 0.1) is 29.5 Å². The van der Waals surface area contributed by atoms with Crippen molar-refractivity contribution >= 4 is 15.9 Å². The fraction of sp³-hybridized carbons (Fsp3) is 0.750. The molecule has 0 aliphatic heterocycles. The van der Waals surface area contributed by atoms with Gasteiger partial charge in [0.2, 0.25) is 0 Å². The van der Waals surface area contributed by atoms with Crippen molar-refractivity contribution in [1.82, 2.24) is 9.78 Å². The molecule has 0 saturated carbocycles. The molecule has 0 fully saturated rings. The Bertz CT molecular complexity index is 380. The number of hydrogen-bond donors (Lipinski definition) is 1. The number of aliphatic hydroxyl groups is 1. The van der Waals surface area contributed by atoms with Crippen molar-refractivity contribution in [3.8, 4) is 0 Å². The predicted octanol–water partition coefficient (Wildman–Crippen LogP) is 2.55. The highest BCUT2D eigenvalue weighted by molar-refractivity contribution is 9.10. The van der Waals surface area contributed by atoms with Gasteiger partial charge < -0.3 is 9.84 Å². The van der Waals surface area contributed by atoms with Gasteiger partial charge in [-0.25, -0.2) is 0 Å². The average Bonchev–Trinajstić information content (AvgIpc) is 2.55. The highest BCUT2D eigenvalue weighted by Crippen LogP contribution is 2.41. The Morgan fingerprint density at radius 1 is 1.41 bits per heavy atom. The van der Waals surface area contributed by atoms with E-state index in [1.165, 1.54) is 0 Å². The third-order valence-corrected chi connectivity index (χ3v) is 3.80.